The molecule has 0 aromatic rings. The smallest absolute Gasteiger partial charge is 0.306 e. The minimum Gasteiger partial charge on any atom is -0.462 e. The highest BCUT2D eigenvalue weighted by atomic mass is 16.7. The lowest BCUT2D eigenvalue weighted by molar-refractivity contribution is -0.305. The van der Waals surface area contributed by atoms with E-state index in [-0.39, 0.29) is 32.0 Å². The second-order valence-corrected chi connectivity index (χ2v) is 14.4. The molecule has 4 N–H and O–H groups in total. The molecule has 1 fully saturated rings. The van der Waals surface area contributed by atoms with Crippen molar-refractivity contribution in [3.8, 4) is 0 Å². The summed E-state index contributed by atoms with van der Waals surface area (Å²) in [6.45, 7) is 3.40. The lowest BCUT2D eigenvalue weighted by atomic mass is 9.99. The van der Waals surface area contributed by atoms with Crippen LogP contribution in [-0.2, 0) is 28.5 Å². The number of carbonyl (C=O) groups excluding carboxylic acids is 2. The summed E-state index contributed by atoms with van der Waals surface area (Å²) in [5.74, 6) is -0.812. The lowest BCUT2D eigenvalue weighted by Crippen LogP contribution is -2.59. The summed E-state index contributed by atoms with van der Waals surface area (Å²) in [4.78, 5) is 25.2. The molecular formula is C41H76O10. The van der Waals surface area contributed by atoms with Gasteiger partial charge < -0.3 is 39.4 Å². The van der Waals surface area contributed by atoms with Crippen molar-refractivity contribution in [2.75, 3.05) is 19.8 Å². The molecule has 0 aliphatic carbocycles. The van der Waals surface area contributed by atoms with Crippen molar-refractivity contribution in [3.63, 3.8) is 0 Å². The fourth-order valence-electron chi connectivity index (χ4n) is 6.30. The maximum Gasteiger partial charge on any atom is 0.306 e. The van der Waals surface area contributed by atoms with E-state index < -0.39 is 49.4 Å². The molecule has 1 aliphatic rings. The molecule has 0 amide bonds. The third-order valence-corrected chi connectivity index (χ3v) is 9.65. The summed E-state index contributed by atoms with van der Waals surface area (Å²) in [5.41, 5.74) is 0. The third kappa shape index (κ3) is 25.2. The Morgan fingerprint density at radius 2 is 1.04 bits per heavy atom. The molecule has 0 aromatic heterocycles. The van der Waals surface area contributed by atoms with Crippen LogP contribution in [0.25, 0.3) is 0 Å². The van der Waals surface area contributed by atoms with Crippen LogP contribution >= 0.6 is 0 Å². The van der Waals surface area contributed by atoms with E-state index in [1.54, 1.807) is 0 Å². The summed E-state index contributed by atoms with van der Waals surface area (Å²) in [6.07, 6.45) is 25.1. The monoisotopic (exact) mass is 729 g/mol. The maximum absolute atomic E-state index is 12.7. The number of aliphatic hydroxyl groups excluding tert-OH is 4. The Bertz CT molecular complexity index is 850. The van der Waals surface area contributed by atoms with Gasteiger partial charge >= 0.3 is 11.9 Å². The Morgan fingerprint density at radius 3 is 1.53 bits per heavy atom. The van der Waals surface area contributed by atoms with Crippen molar-refractivity contribution in [3.05, 3.63) is 12.2 Å². The molecular weight excluding hydrogens is 652 g/mol. The van der Waals surface area contributed by atoms with Gasteiger partial charge in [-0.05, 0) is 38.5 Å². The van der Waals surface area contributed by atoms with Crippen LogP contribution < -0.4 is 0 Å². The first kappa shape index (κ1) is 47.5. The van der Waals surface area contributed by atoms with Gasteiger partial charge in [0.05, 0.1) is 13.2 Å². The van der Waals surface area contributed by atoms with Crippen molar-refractivity contribution in [2.45, 2.75) is 218 Å². The second kappa shape index (κ2) is 33.0. The summed E-state index contributed by atoms with van der Waals surface area (Å²) < 4.78 is 22.1. The Labute approximate surface area is 310 Å². The van der Waals surface area contributed by atoms with Crippen LogP contribution in [0.4, 0.5) is 0 Å². The van der Waals surface area contributed by atoms with E-state index >= 15 is 0 Å². The van der Waals surface area contributed by atoms with Gasteiger partial charge in [0.2, 0.25) is 0 Å². The Hall–Kier alpha value is -1.56. The first-order valence-electron chi connectivity index (χ1n) is 20.8. The number of allylic oxidation sites excluding steroid dienone is 2. The normalized spacial score (nSPS) is 21.3. The quantitative estimate of drug-likeness (QED) is 0.0291. The highest BCUT2D eigenvalue weighted by molar-refractivity contribution is 5.70. The van der Waals surface area contributed by atoms with Crippen LogP contribution in [-0.4, -0.2) is 89.0 Å². The molecule has 0 spiro atoms. The molecule has 0 unspecified atom stereocenters. The van der Waals surface area contributed by atoms with Crippen molar-refractivity contribution in [1.82, 2.24) is 0 Å². The van der Waals surface area contributed by atoms with E-state index in [2.05, 4.69) is 26.0 Å². The van der Waals surface area contributed by atoms with E-state index in [0.717, 1.165) is 57.8 Å². The van der Waals surface area contributed by atoms with E-state index in [1.807, 2.05) is 0 Å². The Balaban J connectivity index is 2.36. The molecule has 0 saturated carbocycles. The van der Waals surface area contributed by atoms with Gasteiger partial charge in [0.25, 0.3) is 0 Å². The third-order valence-electron chi connectivity index (χ3n) is 9.65. The number of unbranched alkanes of at least 4 members (excludes halogenated alkanes) is 21. The average molecular weight is 729 g/mol. The van der Waals surface area contributed by atoms with Crippen LogP contribution in [0.3, 0.4) is 0 Å². The van der Waals surface area contributed by atoms with Crippen molar-refractivity contribution in [2.24, 2.45) is 0 Å². The SMILES string of the molecule is CCCCCCCC/C=C\CCCCCCCC(=O)OC[C@@H](CO[C@@H]1O[C@H](CO)[C@H](O)[C@H](O)[C@H]1O)OC(=O)CCCCCCCCCCCCC. The van der Waals surface area contributed by atoms with E-state index in [4.69, 9.17) is 18.9 Å². The van der Waals surface area contributed by atoms with Gasteiger partial charge in [0, 0.05) is 12.8 Å². The number of rotatable bonds is 34. The molecule has 6 atom stereocenters. The minimum atomic E-state index is -1.59. The van der Waals surface area contributed by atoms with Gasteiger partial charge in [-0.15, -0.1) is 0 Å². The van der Waals surface area contributed by atoms with Gasteiger partial charge in [0.1, 0.15) is 31.0 Å². The lowest BCUT2D eigenvalue weighted by Gasteiger charge is -2.39. The topological polar surface area (TPSA) is 152 Å². The fourth-order valence-corrected chi connectivity index (χ4v) is 6.30. The number of hydrogen-bond acceptors (Lipinski definition) is 10. The number of ether oxygens (including phenoxy) is 4. The summed E-state index contributed by atoms with van der Waals surface area (Å²) in [7, 11) is 0. The predicted molar refractivity (Wildman–Crippen MR) is 201 cm³/mol. The van der Waals surface area contributed by atoms with Crippen LogP contribution in [0, 0.1) is 0 Å². The largest absolute Gasteiger partial charge is 0.462 e. The van der Waals surface area contributed by atoms with Gasteiger partial charge in [-0.1, -0.05) is 142 Å². The maximum atomic E-state index is 12.7. The zero-order valence-electron chi connectivity index (χ0n) is 32.4. The van der Waals surface area contributed by atoms with Crippen molar-refractivity contribution in [1.29, 1.82) is 0 Å². The highest BCUT2D eigenvalue weighted by Gasteiger charge is 2.44. The van der Waals surface area contributed by atoms with Gasteiger partial charge in [-0.3, -0.25) is 9.59 Å². The first-order valence-corrected chi connectivity index (χ1v) is 20.8. The van der Waals surface area contributed by atoms with E-state index in [1.165, 1.54) is 89.9 Å². The van der Waals surface area contributed by atoms with Gasteiger partial charge in [0.15, 0.2) is 12.4 Å². The zero-order valence-corrected chi connectivity index (χ0v) is 32.4. The minimum absolute atomic E-state index is 0.217. The average Bonchev–Trinajstić information content (AvgIpc) is 3.13. The second-order valence-electron chi connectivity index (χ2n) is 14.4. The van der Waals surface area contributed by atoms with Crippen LogP contribution in [0.2, 0.25) is 0 Å². The van der Waals surface area contributed by atoms with Gasteiger partial charge in [-0.2, -0.15) is 0 Å². The molecule has 300 valence electrons. The Kier molecular flexibility index (Phi) is 30.7. The molecule has 1 rings (SSSR count). The predicted octanol–water partition coefficient (Wildman–Crippen LogP) is 8.00. The summed E-state index contributed by atoms with van der Waals surface area (Å²) in [5, 5.41) is 39.9. The Morgan fingerprint density at radius 1 is 0.588 bits per heavy atom. The van der Waals surface area contributed by atoms with Crippen LogP contribution in [0.15, 0.2) is 12.2 Å². The molecule has 10 nitrogen and oxygen atoms in total. The zero-order chi connectivity index (χ0) is 37.4. The van der Waals surface area contributed by atoms with Crippen LogP contribution in [0.5, 0.6) is 0 Å². The van der Waals surface area contributed by atoms with E-state index in [0.29, 0.717) is 6.42 Å². The van der Waals surface area contributed by atoms with Crippen molar-refractivity contribution < 1.29 is 49.0 Å². The molecule has 0 bridgehead atoms. The molecule has 10 heteroatoms. The fraction of sp³-hybridized carbons (Fsp3) is 0.902. The summed E-state index contributed by atoms with van der Waals surface area (Å²) in [6, 6.07) is 0. The number of aliphatic hydroxyl groups is 4. The number of esters is 2. The number of carbonyl (C=O) groups is 2. The first-order chi connectivity index (χ1) is 24.8. The molecule has 0 aromatic carbocycles. The molecule has 1 aliphatic heterocycles. The standard InChI is InChI=1S/C41H76O10/c1-3-5-7-9-11-13-15-16-17-18-20-21-23-25-27-29-36(43)48-32-34(33-49-41-40(47)39(46)38(45)35(31-42)51-41)50-37(44)30-28-26-24-22-19-14-12-10-8-6-4-2/h16-17,34-35,38-42,45-47H,3-15,18-33H2,1-2H3/b17-16-/t34-,35+,38-,39-,40+,41+/m0/s1. The summed E-state index contributed by atoms with van der Waals surface area (Å²) >= 11 is 0. The molecule has 0 radical (unpaired) electrons. The van der Waals surface area contributed by atoms with E-state index in [9.17, 15) is 30.0 Å². The van der Waals surface area contributed by atoms with Gasteiger partial charge in [-0.25, -0.2) is 0 Å². The van der Waals surface area contributed by atoms with Crippen molar-refractivity contribution >= 4 is 11.9 Å². The molecule has 1 heterocycles. The molecule has 1 saturated heterocycles. The molecule has 51 heavy (non-hydrogen) atoms. The highest BCUT2D eigenvalue weighted by Crippen LogP contribution is 2.22. The number of hydrogen-bond donors (Lipinski definition) is 4. The van der Waals surface area contributed by atoms with Crippen LogP contribution in [0.1, 0.15) is 181 Å².